The molecule has 0 bridgehead atoms. The van der Waals surface area contributed by atoms with E-state index >= 15 is 0 Å². The zero-order chi connectivity index (χ0) is 10.9. The van der Waals surface area contributed by atoms with Gasteiger partial charge in [-0.3, -0.25) is 4.62 Å². The first kappa shape index (κ1) is 18.4. The average molecular weight is 247 g/mol. The van der Waals surface area contributed by atoms with Crippen LogP contribution < -0.4 is 51.0 Å². The van der Waals surface area contributed by atoms with E-state index in [-0.39, 0.29) is 35.7 Å². The van der Waals surface area contributed by atoms with Gasteiger partial charge < -0.3 is 20.5 Å². The molecule has 0 saturated carbocycles. The Morgan fingerprint density at radius 1 is 1.40 bits per heavy atom. The second-order valence-corrected chi connectivity index (χ2v) is 4.71. The molecule has 0 aliphatic carbocycles. The van der Waals surface area contributed by atoms with Crippen LogP contribution >= 0.6 is 7.60 Å². The monoisotopic (exact) mass is 247 g/mol. The number of hydrogen-bond acceptors (Lipinski definition) is 6. The first-order valence-electron chi connectivity index (χ1n) is 4.74. The molecule has 4 N–H and O–H groups in total. The SMILES string of the molecule is CCCP(=O)([O-])ONCCNCCN.[Na+]. The van der Waals surface area contributed by atoms with E-state index < -0.39 is 7.60 Å². The Labute approximate surface area is 113 Å². The Kier molecular flexibility index (Phi) is 14.1. The van der Waals surface area contributed by atoms with Crippen molar-refractivity contribution in [2.24, 2.45) is 5.73 Å². The molecule has 6 nitrogen and oxygen atoms in total. The van der Waals surface area contributed by atoms with Gasteiger partial charge in [0.1, 0.15) is 0 Å². The number of nitrogens with two attached hydrogens (primary N) is 1. The third kappa shape index (κ3) is 13.0. The van der Waals surface area contributed by atoms with Crippen molar-refractivity contribution in [2.45, 2.75) is 13.3 Å². The molecular weight excluding hydrogens is 228 g/mol. The zero-order valence-corrected chi connectivity index (χ0v) is 12.4. The average Bonchev–Trinajstić information content (AvgIpc) is 2.11. The second kappa shape index (κ2) is 11.5. The summed E-state index contributed by atoms with van der Waals surface area (Å²) in [5.41, 5.74) is 7.63. The van der Waals surface area contributed by atoms with E-state index in [9.17, 15) is 9.46 Å². The molecule has 0 rings (SSSR count). The maximum atomic E-state index is 11.0. The zero-order valence-electron chi connectivity index (χ0n) is 9.49. The van der Waals surface area contributed by atoms with Gasteiger partial charge in [-0.2, -0.15) is 5.48 Å². The number of nitrogens with one attached hydrogen (secondary N) is 2. The van der Waals surface area contributed by atoms with Gasteiger partial charge in [-0.15, -0.1) is 0 Å². The first-order valence-corrected chi connectivity index (χ1v) is 6.47. The van der Waals surface area contributed by atoms with E-state index in [0.29, 0.717) is 32.6 Å². The molecule has 0 aliphatic heterocycles. The summed E-state index contributed by atoms with van der Waals surface area (Å²) in [4.78, 5) is 11.0. The summed E-state index contributed by atoms with van der Waals surface area (Å²) >= 11 is 0. The molecular formula is C7H19N3NaO3P. The summed E-state index contributed by atoms with van der Waals surface area (Å²) in [6, 6.07) is 0. The minimum atomic E-state index is -3.66. The molecule has 15 heavy (non-hydrogen) atoms. The van der Waals surface area contributed by atoms with Crippen LogP contribution in [0.15, 0.2) is 0 Å². The molecule has 0 spiro atoms. The summed E-state index contributed by atoms with van der Waals surface area (Å²) in [6.45, 7) is 4.14. The Morgan fingerprint density at radius 3 is 2.60 bits per heavy atom. The molecule has 0 aromatic heterocycles. The van der Waals surface area contributed by atoms with Gasteiger partial charge in [-0.1, -0.05) is 6.92 Å². The Bertz CT molecular complexity index is 185. The van der Waals surface area contributed by atoms with Crippen LogP contribution in [0.1, 0.15) is 13.3 Å². The third-order valence-corrected chi connectivity index (χ3v) is 2.83. The van der Waals surface area contributed by atoms with Crippen LogP contribution in [-0.2, 0) is 9.19 Å². The van der Waals surface area contributed by atoms with Crippen LogP contribution in [0.4, 0.5) is 0 Å². The van der Waals surface area contributed by atoms with E-state index in [1.165, 1.54) is 0 Å². The summed E-state index contributed by atoms with van der Waals surface area (Å²) in [5.74, 6) is 0. The molecule has 0 fully saturated rings. The number of hydroxylamine groups is 1. The molecule has 1 unspecified atom stereocenters. The molecule has 0 aliphatic rings. The fourth-order valence-corrected chi connectivity index (χ4v) is 1.76. The Morgan fingerprint density at radius 2 is 2.07 bits per heavy atom. The Balaban J connectivity index is 0. The van der Waals surface area contributed by atoms with Crippen molar-refractivity contribution in [2.75, 3.05) is 32.3 Å². The fraction of sp³-hybridized carbons (Fsp3) is 1.00. The van der Waals surface area contributed by atoms with Crippen molar-refractivity contribution in [1.82, 2.24) is 10.8 Å². The van der Waals surface area contributed by atoms with Crippen molar-refractivity contribution >= 4 is 7.60 Å². The van der Waals surface area contributed by atoms with Crippen LogP contribution in [0.25, 0.3) is 0 Å². The molecule has 8 heteroatoms. The smallest absolute Gasteiger partial charge is 0.777 e. The number of hydrogen-bond donors (Lipinski definition) is 3. The van der Waals surface area contributed by atoms with E-state index in [1.807, 2.05) is 0 Å². The minimum Gasteiger partial charge on any atom is -0.777 e. The minimum absolute atomic E-state index is 0. The molecule has 1 atom stereocenters. The standard InChI is InChI=1S/C7H20N3O3P.Na/c1-2-7-14(11,12)13-10-6-5-9-4-3-8;/h9-10H,2-8H2,1H3,(H,11,12);/q;+1/p-1. The molecule has 0 saturated heterocycles. The van der Waals surface area contributed by atoms with Gasteiger partial charge >= 0.3 is 29.6 Å². The van der Waals surface area contributed by atoms with Gasteiger partial charge in [0.25, 0.3) is 0 Å². The third-order valence-electron chi connectivity index (χ3n) is 1.43. The first-order chi connectivity index (χ1) is 6.62. The van der Waals surface area contributed by atoms with Gasteiger partial charge in [0, 0.05) is 32.3 Å². The normalized spacial score (nSPS) is 14.3. The summed E-state index contributed by atoms with van der Waals surface area (Å²) < 4.78 is 15.6. The Hall–Kier alpha value is 1.03. The van der Waals surface area contributed by atoms with Gasteiger partial charge in [0.2, 0.25) is 0 Å². The van der Waals surface area contributed by atoms with E-state index in [4.69, 9.17) is 5.73 Å². The van der Waals surface area contributed by atoms with E-state index in [0.717, 1.165) is 0 Å². The van der Waals surface area contributed by atoms with Gasteiger partial charge in [0.05, 0.1) is 0 Å². The summed E-state index contributed by atoms with van der Waals surface area (Å²) in [5, 5.41) is 2.99. The van der Waals surface area contributed by atoms with Crippen LogP contribution in [0.2, 0.25) is 0 Å². The van der Waals surface area contributed by atoms with E-state index in [2.05, 4.69) is 15.4 Å². The predicted octanol–water partition coefficient (Wildman–Crippen LogP) is -3.98. The summed E-state index contributed by atoms with van der Waals surface area (Å²) in [6.07, 6.45) is 0.629. The summed E-state index contributed by atoms with van der Waals surface area (Å²) in [7, 11) is -3.66. The molecule has 0 amide bonds. The van der Waals surface area contributed by atoms with Crippen molar-refractivity contribution < 1.29 is 43.6 Å². The van der Waals surface area contributed by atoms with Crippen molar-refractivity contribution in [3.8, 4) is 0 Å². The van der Waals surface area contributed by atoms with Crippen LogP contribution in [0.3, 0.4) is 0 Å². The molecule has 0 heterocycles. The predicted molar refractivity (Wildman–Crippen MR) is 53.8 cm³/mol. The van der Waals surface area contributed by atoms with E-state index in [1.54, 1.807) is 6.92 Å². The second-order valence-electron chi connectivity index (χ2n) is 2.86. The van der Waals surface area contributed by atoms with Crippen molar-refractivity contribution in [3.63, 3.8) is 0 Å². The molecule has 0 aromatic rings. The van der Waals surface area contributed by atoms with Gasteiger partial charge in [-0.25, -0.2) is 0 Å². The van der Waals surface area contributed by atoms with Gasteiger partial charge in [-0.05, 0) is 6.42 Å². The molecule has 0 radical (unpaired) electrons. The van der Waals surface area contributed by atoms with Crippen molar-refractivity contribution in [3.05, 3.63) is 0 Å². The van der Waals surface area contributed by atoms with Crippen LogP contribution in [-0.4, -0.2) is 32.3 Å². The number of rotatable bonds is 9. The maximum absolute atomic E-state index is 11.0. The van der Waals surface area contributed by atoms with Crippen molar-refractivity contribution in [1.29, 1.82) is 0 Å². The van der Waals surface area contributed by atoms with Gasteiger partial charge in [0.15, 0.2) is 7.60 Å². The molecule has 86 valence electrons. The fourth-order valence-electron chi connectivity index (χ4n) is 0.830. The molecule has 0 aromatic carbocycles. The maximum Gasteiger partial charge on any atom is 1.00 e. The van der Waals surface area contributed by atoms with Crippen LogP contribution in [0, 0.1) is 0 Å². The van der Waals surface area contributed by atoms with Crippen LogP contribution in [0.5, 0.6) is 0 Å². The largest absolute Gasteiger partial charge is 1.00 e. The topological polar surface area (TPSA) is 99.4 Å². The quantitative estimate of drug-likeness (QED) is 0.166.